The summed E-state index contributed by atoms with van der Waals surface area (Å²) in [4.78, 5) is 13.8. The lowest BCUT2D eigenvalue weighted by atomic mass is 10.1. The third kappa shape index (κ3) is 3.96. The SMILES string of the molecule is CC1CN(c2ccc(C#N)c3ncccc23)CC(CNC2CN(c3cnc4c(c3)CNC4)C2)O1. The summed E-state index contributed by atoms with van der Waals surface area (Å²) in [5.41, 5.74) is 6.22. The van der Waals surface area contributed by atoms with Gasteiger partial charge in [0.25, 0.3) is 0 Å². The van der Waals surface area contributed by atoms with Crippen molar-refractivity contribution >= 4 is 22.3 Å². The molecule has 8 nitrogen and oxygen atoms in total. The Morgan fingerprint density at radius 1 is 1.15 bits per heavy atom. The zero-order chi connectivity index (χ0) is 23.1. The molecule has 2 aromatic heterocycles. The highest BCUT2D eigenvalue weighted by Gasteiger charge is 2.31. The average Bonchev–Trinajstić information content (AvgIpc) is 3.30. The quantitative estimate of drug-likeness (QED) is 0.605. The van der Waals surface area contributed by atoms with Gasteiger partial charge in [-0.15, -0.1) is 0 Å². The van der Waals surface area contributed by atoms with Gasteiger partial charge in [0.15, 0.2) is 0 Å². The van der Waals surface area contributed by atoms with E-state index in [1.165, 1.54) is 16.9 Å². The summed E-state index contributed by atoms with van der Waals surface area (Å²) in [5.74, 6) is 0. The molecule has 0 amide bonds. The van der Waals surface area contributed by atoms with Gasteiger partial charge in [-0.1, -0.05) is 0 Å². The Hall–Kier alpha value is -3.25. The molecule has 2 N–H and O–H groups in total. The Labute approximate surface area is 199 Å². The van der Waals surface area contributed by atoms with Crippen LogP contribution >= 0.6 is 0 Å². The van der Waals surface area contributed by atoms with Crippen LogP contribution in [0.4, 0.5) is 11.4 Å². The largest absolute Gasteiger partial charge is 0.370 e. The lowest BCUT2D eigenvalue weighted by molar-refractivity contribution is -0.0161. The van der Waals surface area contributed by atoms with Crippen molar-refractivity contribution in [1.29, 1.82) is 5.26 Å². The third-order valence-corrected chi connectivity index (χ3v) is 7.07. The molecule has 0 saturated carbocycles. The van der Waals surface area contributed by atoms with E-state index in [2.05, 4.69) is 61.6 Å². The molecule has 0 aliphatic carbocycles. The average molecular weight is 456 g/mol. The summed E-state index contributed by atoms with van der Waals surface area (Å²) in [7, 11) is 0. The van der Waals surface area contributed by atoms with Gasteiger partial charge in [0.2, 0.25) is 0 Å². The zero-order valence-electron chi connectivity index (χ0n) is 19.4. The molecule has 3 aliphatic heterocycles. The molecule has 3 aliphatic rings. The van der Waals surface area contributed by atoms with Crippen LogP contribution in [0.1, 0.15) is 23.7 Å². The maximum atomic E-state index is 9.46. The van der Waals surface area contributed by atoms with Gasteiger partial charge >= 0.3 is 0 Å². The molecule has 0 spiro atoms. The molecule has 174 valence electrons. The second-order valence-electron chi connectivity index (χ2n) is 9.53. The molecule has 2 saturated heterocycles. The van der Waals surface area contributed by atoms with Crippen molar-refractivity contribution in [2.24, 2.45) is 0 Å². The Bertz CT molecular complexity index is 1250. The summed E-state index contributed by atoms with van der Waals surface area (Å²) in [6.07, 6.45) is 3.99. The fraction of sp³-hybridized carbons (Fsp3) is 0.423. The van der Waals surface area contributed by atoms with E-state index in [0.717, 1.165) is 62.4 Å². The van der Waals surface area contributed by atoms with Crippen molar-refractivity contribution in [2.45, 2.75) is 38.3 Å². The van der Waals surface area contributed by atoms with Crippen LogP contribution in [0.5, 0.6) is 0 Å². The molecule has 5 heterocycles. The van der Waals surface area contributed by atoms with Crippen LogP contribution in [0.3, 0.4) is 0 Å². The van der Waals surface area contributed by atoms with Crippen molar-refractivity contribution in [3.05, 3.63) is 59.5 Å². The number of nitrogens with zero attached hydrogens (tertiary/aromatic N) is 5. The minimum absolute atomic E-state index is 0.105. The molecule has 0 radical (unpaired) electrons. The first-order valence-electron chi connectivity index (χ1n) is 12.0. The number of nitriles is 1. The van der Waals surface area contributed by atoms with Crippen molar-refractivity contribution in [3.63, 3.8) is 0 Å². The monoisotopic (exact) mass is 455 g/mol. The number of nitrogens with one attached hydrogen (secondary N) is 2. The van der Waals surface area contributed by atoms with Crippen LogP contribution < -0.4 is 20.4 Å². The van der Waals surface area contributed by atoms with Gasteiger partial charge in [-0.05, 0) is 42.8 Å². The summed E-state index contributed by atoms with van der Waals surface area (Å²) < 4.78 is 6.27. The number of hydrogen-bond acceptors (Lipinski definition) is 8. The van der Waals surface area contributed by atoms with Gasteiger partial charge in [-0.25, -0.2) is 0 Å². The first-order chi connectivity index (χ1) is 16.7. The smallest absolute Gasteiger partial charge is 0.101 e. The Morgan fingerprint density at radius 2 is 2.06 bits per heavy atom. The van der Waals surface area contributed by atoms with E-state index in [9.17, 15) is 5.26 Å². The Balaban J connectivity index is 1.08. The van der Waals surface area contributed by atoms with Crippen LogP contribution in [0.15, 0.2) is 42.7 Å². The maximum Gasteiger partial charge on any atom is 0.101 e. The van der Waals surface area contributed by atoms with Gasteiger partial charge in [0, 0.05) is 69.1 Å². The van der Waals surface area contributed by atoms with E-state index in [0.29, 0.717) is 11.6 Å². The molecular formula is C26H29N7O. The highest BCUT2D eigenvalue weighted by atomic mass is 16.5. The number of anilines is 2. The predicted molar refractivity (Wildman–Crippen MR) is 132 cm³/mol. The highest BCUT2D eigenvalue weighted by Crippen LogP contribution is 2.30. The van der Waals surface area contributed by atoms with Crippen LogP contribution in [-0.2, 0) is 17.8 Å². The second kappa shape index (κ2) is 8.84. The van der Waals surface area contributed by atoms with Crippen LogP contribution in [0.25, 0.3) is 10.9 Å². The number of fused-ring (bicyclic) bond motifs is 2. The number of morpholine rings is 1. The summed E-state index contributed by atoms with van der Waals surface area (Å²) in [6, 6.07) is 12.9. The van der Waals surface area contributed by atoms with Gasteiger partial charge in [-0.2, -0.15) is 5.26 Å². The molecular weight excluding hydrogens is 426 g/mol. The fourth-order valence-electron chi connectivity index (χ4n) is 5.32. The number of benzene rings is 1. The number of pyridine rings is 2. The standard InChI is InChI=1S/C26H29N7O/c1-17-13-33(25-5-4-18(8-27)26-23(25)3-2-6-29-26)16-22(34-17)11-30-20-14-32(15-20)21-7-19-9-28-12-24(19)31-10-21/h2-7,10,17,20,22,28,30H,9,11-16H2,1H3. The van der Waals surface area contributed by atoms with E-state index < -0.39 is 0 Å². The number of rotatable bonds is 5. The molecule has 2 fully saturated rings. The topological polar surface area (TPSA) is 89.3 Å². The van der Waals surface area contributed by atoms with E-state index in [4.69, 9.17) is 4.74 Å². The molecule has 3 aromatic rings. The van der Waals surface area contributed by atoms with Crippen LogP contribution in [0.2, 0.25) is 0 Å². The zero-order valence-corrected chi connectivity index (χ0v) is 19.4. The van der Waals surface area contributed by atoms with Gasteiger partial charge in [-0.3, -0.25) is 9.97 Å². The van der Waals surface area contributed by atoms with E-state index >= 15 is 0 Å². The van der Waals surface area contributed by atoms with Gasteiger partial charge in [0.1, 0.15) is 6.07 Å². The normalized spacial score (nSPS) is 22.5. The number of hydrogen-bond donors (Lipinski definition) is 2. The second-order valence-corrected chi connectivity index (χ2v) is 9.53. The minimum Gasteiger partial charge on any atom is -0.370 e. The number of aromatic nitrogens is 2. The Morgan fingerprint density at radius 3 is 2.94 bits per heavy atom. The van der Waals surface area contributed by atoms with Crippen molar-refractivity contribution < 1.29 is 4.74 Å². The fourth-order valence-corrected chi connectivity index (χ4v) is 5.32. The molecule has 0 bridgehead atoms. The van der Waals surface area contributed by atoms with Crippen LogP contribution in [-0.4, -0.2) is 60.9 Å². The molecule has 2 unspecified atom stereocenters. The van der Waals surface area contributed by atoms with Crippen molar-refractivity contribution in [3.8, 4) is 6.07 Å². The molecule has 1 aromatic carbocycles. The molecule has 8 heteroatoms. The number of ether oxygens (including phenoxy) is 1. The maximum absolute atomic E-state index is 9.46. The summed E-state index contributed by atoms with van der Waals surface area (Å²) >= 11 is 0. The summed E-state index contributed by atoms with van der Waals surface area (Å²) in [5, 5.41) is 17.6. The molecule has 2 atom stereocenters. The molecule has 34 heavy (non-hydrogen) atoms. The highest BCUT2D eigenvalue weighted by molar-refractivity contribution is 5.95. The van der Waals surface area contributed by atoms with Gasteiger partial charge < -0.3 is 25.2 Å². The van der Waals surface area contributed by atoms with Crippen LogP contribution in [0, 0.1) is 11.3 Å². The van der Waals surface area contributed by atoms with E-state index in [-0.39, 0.29) is 12.2 Å². The Kier molecular flexibility index (Phi) is 5.53. The lowest BCUT2D eigenvalue weighted by Crippen LogP contribution is -2.60. The first kappa shape index (κ1) is 21.3. The first-order valence-corrected chi connectivity index (χ1v) is 12.0. The van der Waals surface area contributed by atoms with Crippen molar-refractivity contribution in [1.82, 2.24) is 20.6 Å². The van der Waals surface area contributed by atoms with E-state index in [1.54, 1.807) is 6.20 Å². The van der Waals surface area contributed by atoms with E-state index in [1.807, 2.05) is 18.3 Å². The van der Waals surface area contributed by atoms with Gasteiger partial charge in [0.05, 0.1) is 40.9 Å². The van der Waals surface area contributed by atoms with Crippen molar-refractivity contribution in [2.75, 3.05) is 42.5 Å². The summed E-state index contributed by atoms with van der Waals surface area (Å²) in [6.45, 7) is 8.37. The minimum atomic E-state index is 0.105. The lowest BCUT2D eigenvalue weighted by Gasteiger charge is -2.43. The molecule has 6 rings (SSSR count). The predicted octanol–water partition coefficient (Wildman–Crippen LogP) is 2.18. The third-order valence-electron chi connectivity index (χ3n) is 7.07.